The van der Waals surface area contributed by atoms with E-state index in [0.29, 0.717) is 6.04 Å². The predicted octanol–water partition coefficient (Wildman–Crippen LogP) is 4.69. The molecule has 0 aliphatic heterocycles. The molecular formula is C16H22N2S. The van der Waals surface area contributed by atoms with Gasteiger partial charge < -0.3 is 5.32 Å². The zero-order valence-corrected chi connectivity index (χ0v) is 12.6. The molecule has 0 saturated heterocycles. The molecule has 2 rings (SSSR count). The van der Waals surface area contributed by atoms with Gasteiger partial charge in [-0.1, -0.05) is 26.0 Å². The number of aromatic nitrogens is 1. The molecule has 0 bridgehead atoms. The Morgan fingerprint density at radius 3 is 3.05 bits per heavy atom. The van der Waals surface area contributed by atoms with Crippen molar-refractivity contribution in [2.45, 2.75) is 39.2 Å². The quantitative estimate of drug-likeness (QED) is 0.741. The lowest BCUT2D eigenvalue weighted by Gasteiger charge is -2.19. The highest BCUT2D eigenvalue weighted by Gasteiger charge is 2.13. The van der Waals surface area contributed by atoms with Gasteiger partial charge in [0, 0.05) is 12.2 Å². The highest BCUT2D eigenvalue weighted by Crippen LogP contribution is 2.26. The minimum absolute atomic E-state index is 0.339. The van der Waals surface area contributed by atoms with Crippen LogP contribution in [0.3, 0.4) is 0 Å². The third kappa shape index (κ3) is 3.64. The first kappa shape index (κ1) is 14.2. The van der Waals surface area contributed by atoms with E-state index < -0.39 is 0 Å². The van der Waals surface area contributed by atoms with Crippen LogP contribution in [0, 0.1) is 0 Å². The maximum Gasteiger partial charge on any atom is 0.0809 e. The summed E-state index contributed by atoms with van der Waals surface area (Å²) in [5.74, 6) is 0. The normalized spacial score (nSPS) is 12.7. The fourth-order valence-electron chi connectivity index (χ4n) is 2.11. The maximum atomic E-state index is 4.54. The largest absolute Gasteiger partial charge is 0.310 e. The first-order valence-corrected chi connectivity index (χ1v) is 7.85. The summed E-state index contributed by atoms with van der Waals surface area (Å²) in [5.41, 5.74) is 3.66. The summed E-state index contributed by atoms with van der Waals surface area (Å²) < 4.78 is 1.27. The molecule has 1 unspecified atom stereocenters. The van der Waals surface area contributed by atoms with Crippen molar-refractivity contribution in [1.29, 1.82) is 0 Å². The van der Waals surface area contributed by atoms with Gasteiger partial charge in [0.05, 0.1) is 10.2 Å². The number of hydrogen-bond donors (Lipinski definition) is 1. The number of thiophene rings is 1. The van der Waals surface area contributed by atoms with E-state index >= 15 is 0 Å². The first-order chi connectivity index (χ1) is 9.24. The Hall–Kier alpha value is -1.19. The lowest BCUT2D eigenvalue weighted by Crippen LogP contribution is -2.22. The van der Waals surface area contributed by atoms with Crippen molar-refractivity contribution in [3.63, 3.8) is 0 Å². The van der Waals surface area contributed by atoms with Gasteiger partial charge in [-0.05, 0) is 48.9 Å². The van der Waals surface area contributed by atoms with Crippen molar-refractivity contribution >= 4 is 21.6 Å². The van der Waals surface area contributed by atoms with Gasteiger partial charge >= 0.3 is 0 Å². The molecule has 2 aromatic heterocycles. The predicted molar refractivity (Wildman–Crippen MR) is 84.7 cm³/mol. The SMILES string of the molecule is C=C(CC)CC(NCCC)c1cnc2ccsc2c1. The Bertz CT molecular complexity index is 544. The lowest BCUT2D eigenvalue weighted by molar-refractivity contribution is 0.523. The molecule has 0 spiro atoms. The van der Waals surface area contributed by atoms with E-state index in [1.165, 1.54) is 15.8 Å². The summed E-state index contributed by atoms with van der Waals surface area (Å²) in [7, 11) is 0. The van der Waals surface area contributed by atoms with Gasteiger partial charge in [-0.25, -0.2) is 0 Å². The minimum Gasteiger partial charge on any atom is -0.310 e. The van der Waals surface area contributed by atoms with Crippen LogP contribution < -0.4 is 5.32 Å². The fourth-order valence-corrected chi connectivity index (χ4v) is 2.90. The van der Waals surface area contributed by atoms with Crippen LogP contribution in [0.4, 0.5) is 0 Å². The van der Waals surface area contributed by atoms with Gasteiger partial charge in [-0.2, -0.15) is 0 Å². The van der Waals surface area contributed by atoms with Crippen LogP contribution in [0.15, 0.2) is 35.9 Å². The fraction of sp³-hybridized carbons (Fsp3) is 0.438. The van der Waals surface area contributed by atoms with Crippen molar-refractivity contribution in [1.82, 2.24) is 10.3 Å². The van der Waals surface area contributed by atoms with E-state index in [2.05, 4.69) is 48.2 Å². The number of nitrogens with zero attached hydrogens (tertiary/aromatic N) is 1. The zero-order valence-electron chi connectivity index (χ0n) is 11.8. The summed E-state index contributed by atoms with van der Waals surface area (Å²) >= 11 is 1.75. The summed E-state index contributed by atoms with van der Waals surface area (Å²) in [6.07, 6.45) is 5.18. The summed E-state index contributed by atoms with van der Waals surface area (Å²) in [4.78, 5) is 4.54. The molecular weight excluding hydrogens is 252 g/mol. The van der Waals surface area contributed by atoms with Crippen molar-refractivity contribution < 1.29 is 0 Å². The van der Waals surface area contributed by atoms with Gasteiger partial charge in [0.1, 0.15) is 0 Å². The molecule has 0 fully saturated rings. The third-order valence-corrected chi connectivity index (χ3v) is 4.21. The van der Waals surface area contributed by atoms with E-state index in [9.17, 15) is 0 Å². The molecule has 2 aromatic rings. The van der Waals surface area contributed by atoms with Crippen LogP contribution >= 0.6 is 11.3 Å². The molecule has 0 aliphatic rings. The van der Waals surface area contributed by atoms with Gasteiger partial charge in [0.15, 0.2) is 0 Å². The van der Waals surface area contributed by atoms with E-state index in [1.54, 1.807) is 11.3 Å². The molecule has 19 heavy (non-hydrogen) atoms. The van der Waals surface area contributed by atoms with Gasteiger partial charge in [-0.3, -0.25) is 4.98 Å². The molecule has 0 aromatic carbocycles. The average molecular weight is 274 g/mol. The Labute approximate surface area is 119 Å². The van der Waals surface area contributed by atoms with Crippen LogP contribution in [-0.2, 0) is 0 Å². The second-order valence-corrected chi connectivity index (χ2v) is 5.83. The van der Waals surface area contributed by atoms with Crippen LogP contribution in [0.1, 0.15) is 44.7 Å². The van der Waals surface area contributed by atoms with E-state index in [0.717, 1.165) is 31.3 Å². The lowest BCUT2D eigenvalue weighted by atomic mass is 9.99. The topological polar surface area (TPSA) is 24.9 Å². The number of fused-ring (bicyclic) bond motifs is 1. The van der Waals surface area contributed by atoms with Crippen LogP contribution in [-0.4, -0.2) is 11.5 Å². The molecule has 2 heterocycles. The van der Waals surface area contributed by atoms with Gasteiger partial charge in [0.2, 0.25) is 0 Å². The Morgan fingerprint density at radius 2 is 2.32 bits per heavy atom. The first-order valence-electron chi connectivity index (χ1n) is 6.97. The van der Waals surface area contributed by atoms with E-state index in [4.69, 9.17) is 0 Å². The summed E-state index contributed by atoms with van der Waals surface area (Å²) in [6, 6.07) is 4.68. The average Bonchev–Trinajstić information content (AvgIpc) is 2.90. The summed E-state index contributed by atoms with van der Waals surface area (Å²) in [6.45, 7) is 9.53. The van der Waals surface area contributed by atoms with E-state index in [1.807, 2.05) is 6.20 Å². The van der Waals surface area contributed by atoms with Crippen LogP contribution in [0.25, 0.3) is 10.2 Å². The standard InChI is InChI=1S/C16H22N2S/c1-4-7-17-15(9-12(3)5-2)13-10-16-14(18-11-13)6-8-19-16/h6,8,10-11,15,17H,3-5,7,9H2,1-2H3. The Kier molecular flexibility index (Phi) is 5.11. The molecule has 1 N–H and O–H groups in total. The number of hydrogen-bond acceptors (Lipinski definition) is 3. The minimum atomic E-state index is 0.339. The molecule has 0 radical (unpaired) electrons. The Morgan fingerprint density at radius 1 is 1.47 bits per heavy atom. The smallest absolute Gasteiger partial charge is 0.0809 e. The van der Waals surface area contributed by atoms with Crippen molar-refractivity contribution in [3.8, 4) is 0 Å². The Balaban J connectivity index is 2.21. The zero-order chi connectivity index (χ0) is 13.7. The second-order valence-electron chi connectivity index (χ2n) is 4.89. The van der Waals surface area contributed by atoms with Gasteiger partial charge in [-0.15, -0.1) is 11.3 Å². The molecule has 0 amide bonds. The molecule has 2 nitrogen and oxygen atoms in total. The molecule has 102 valence electrons. The number of nitrogens with one attached hydrogen (secondary N) is 1. The van der Waals surface area contributed by atoms with Crippen LogP contribution in [0.5, 0.6) is 0 Å². The van der Waals surface area contributed by atoms with Crippen molar-refractivity contribution in [2.24, 2.45) is 0 Å². The molecule has 0 saturated carbocycles. The van der Waals surface area contributed by atoms with Crippen molar-refractivity contribution in [2.75, 3.05) is 6.54 Å². The van der Waals surface area contributed by atoms with Crippen LogP contribution in [0.2, 0.25) is 0 Å². The van der Waals surface area contributed by atoms with Gasteiger partial charge in [0.25, 0.3) is 0 Å². The van der Waals surface area contributed by atoms with E-state index in [-0.39, 0.29) is 0 Å². The highest BCUT2D eigenvalue weighted by molar-refractivity contribution is 7.17. The highest BCUT2D eigenvalue weighted by atomic mass is 32.1. The maximum absolute atomic E-state index is 4.54. The number of rotatable bonds is 7. The molecule has 0 aliphatic carbocycles. The second kappa shape index (κ2) is 6.83. The summed E-state index contributed by atoms with van der Waals surface area (Å²) in [5, 5.41) is 5.71. The third-order valence-electron chi connectivity index (χ3n) is 3.36. The van der Waals surface area contributed by atoms with Crippen molar-refractivity contribution in [3.05, 3.63) is 41.4 Å². The molecule has 1 atom stereocenters. The molecule has 3 heteroatoms. The number of pyridine rings is 1. The monoisotopic (exact) mass is 274 g/mol.